The minimum Gasteiger partial charge on any atom is -0.462 e. The van der Waals surface area contributed by atoms with E-state index in [0.29, 0.717) is 26.1 Å². The van der Waals surface area contributed by atoms with Gasteiger partial charge >= 0.3 is 11.9 Å². The Morgan fingerprint density at radius 1 is 0.328 bits per heavy atom. The van der Waals surface area contributed by atoms with Crippen molar-refractivity contribution < 1.29 is 23.8 Å². The van der Waals surface area contributed by atoms with E-state index < -0.39 is 6.10 Å². The average molecular weight is 904 g/mol. The molecule has 0 aromatic rings. The summed E-state index contributed by atoms with van der Waals surface area (Å²) in [5.74, 6) is -0.372. The molecule has 0 aliphatic rings. The lowest BCUT2D eigenvalue weighted by Gasteiger charge is -2.18. The van der Waals surface area contributed by atoms with Crippen LogP contribution in [0.1, 0.15) is 329 Å². The Hall–Kier alpha value is -1.36. The Morgan fingerprint density at radius 2 is 0.609 bits per heavy atom. The second-order valence-corrected chi connectivity index (χ2v) is 19.9. The number of esters is 2. The van der Waals surface area contributed by atoms with E-state index in [9.17, 15) is 9.59 Å². The van der Waals surface area contributed by atoms with Gasteiger partial charge in [-0.1, -0.05) is 283 Å². The van der Waals surface area contributed by atoms with E-state index in [2.05, 4.69) is 32.9 Å². The maximum Gasteiger partial charge on any atom is 0.306 e. The molecule has 0 aliphatic carbocycles. The highest BCUT2D eigenvalue weighted by Gasteiger charge is 2.17. The molecule has 0 fully saturated rings. The molecule has 0 bridgehead atoms. The molecule has 0 aromatic heterocycles. The van der Waals surface area contributed by atoms with Crippen molar-refractivity contribution in [2.45, 2.75) is 335 Å². The van der Waals surface area contributed by atoms with Crippen LogP contribution < -0.4 is 0 Å². The monoisotopic (exact) mass is 903 g/mol. The van der Waals surface area contributed by atoms with Gasteiger partial charge in [-0.2, -0.15) is 0 Å². The summed E-state index contributed by atoms with van der Waals surface area (Å²) in [6.07, 6.45) is 65.2. The predicted octanol–water partition coefficient (Wildman–Crippen LogP) is 19.8. The number of hydrogen-bond donors (Lipinski definition) is 0. The van der Waals surface area contributed by atoms with Gasteiger partial charge in [0.05, 0.1) is 6.61 Å². The van der Waals surface area contributed by atoms with Crippen LogP contribution in [0.5, 0.6) is 0 Å². The maximum absolute atomic E-state index is 12.8. The van der Waals surface area contributed by atoms with Crippen molar-refractivity contribution in [2.75, 3.05) is 19.8 Å². The first-order valence-corrected chi connectivity index (χ1v) is 29.2. The van der Waals surface area contributed by atoms with E-state index in [1.165, 1.54) is 263 Å². The molecule has 64 heavy (non-hydrogen) atoms. The zero-order valence-electron chi connectivity index (χ0n) is 43.8. The van der Waals surface area contributed by atoms with Crippen LogP contribution in [0.25, 0.3) is 0 Å². The van der Waals surface area contributed by atoms with E-state index in [4.69, 9.17) is 14.2 Å². The van der Waals surface area contributed by atoms with Gasteiger partial charge in [0.25, 0.3) is 0 Å². The van der Waals surface area contributed by atoms with Crippen LogP contribution >= 0.6 is 0 Å². The van der Waals surface area contributed by atoms with Gasteiger partial charge in [0.2, 0.25) is 0 Å². The smallest absolute Gasteiger partial charge is 0.306 e. The van der Waals surface area contributed by atoms with Crippen molar-refractivity contribution in [1.29, 1.82) is 0 Å². The highest BCUT2D eigenvalue weighted by molar-refractivity contribution is 5.70. The quantitative estimate of drug-likeness (QED) is 0.0346. The Balaban J connectivity index is 4.18. The molecule has 5 nitrogen and oxygen atoms in total. The SMILES string of the molecule is CCCCCCCC/C=C\CCCCCCCCCCOCC(COC(=O)CCCCCCCCCCCCCCCCCCC)OC(=O)CCCCCCCCCCCCCCC. The Bertz CT molecular complexity index is 932. The molecule has 0 N–H and O–H groups in total. The third kappa shape index (κ3) is 53.3. The van der Waals surface area contributed by atoms with Crippen LogP contribution in [-0.2, 0) is 23.8 Å². The predicted molar refractivity (Wildman–Crippen MR) is 279 cm³/mol. The highest BCUT2D eigenvalue weighted by Crippen LogP contribution is 2.17. The average Bonchev–Trinajstić information content (AvgIpc) is 3.30. The molecule has 0 spiro atoms. The summed E-state index contributed by atoms with van der Waals surface area (Å²) < 4.78 is 17.5. The van der Waals surface area contributed by atoms with Crippen LogP contribution in [0, 0.1) is 0 Å². The van der Waals surface area contributed by atoms with Crippen LogP contribution in [0.3, 0.4) is 0 Å². The van der Waals surface area contributed by atoms with Crippen molar-refractivity contribution in [1.82, 2.24) is 0 Å². The van der Waals surface area contributed by atoms with Crippen molar-refractivity contribution in [3.63, 3.8) is 0 Å². The number of carbonyl (C=O) groups excluding carboxylic acids is 2. The van der Waals surface area contributed by atoms with Crippen molar-refractivity contribution in [2.24, 2.45) is 0 Å². The zero-order chi connectivity index (χ0) is 46.3. The van der Waals surface area contributed by atoms with Gasteiger partial charge in [-0.05, 0) is 44.9 Å². The molecular weight excluding hydrogens is 789 g/mol. The number of rotatable bonds is 55. The second kappa shape index (κ2) is 56.0. The van der Waals surface area contributed by atoms with E-state index in [0.717, 1.165) is 32.1 Å². The van der Waals surface area contributed by atoms with Gasteiger partial charge < -0.3 is 14.2 Å². The van der Waals surface area contributed by atoms with Gasteiger partial charge in [-0.15, -0.1) is 0 Å². The van der Waals surface area contributed by atoms with Gasteiger partial charge in [0, 0.05) is 19.4 Å². The maximum atomic E-state index is 12.8. The minimum atomic E-state index is -0.528. The Morgan fingerprint density at radius 3 is 0.953 bits per heavy atom. The Kier molecular flexibility index (Phi) is 54.8. The van der Waals surface area contributed by atoms with Crippen LogP contribution in [0.4, 0.5) is 0 Å². The highest BCUT2D eigenvalue weighted by atomic mass is 16.6. The summed E-state index contributed by atoms with van der Waals surface area (Å²) in [6.45, 7) is 7.90. The molecule has 380 valence electrons. The van der Waals surface area contributed by atoms with Crippen LogP contribution in [0.2, 0.25) is 0 Å². The molecule has 0 radical (unpaired) electrons. The van der Waals surface area contributed by atoms with Gasteiger partial charge in [-0.25, -0.2) is 0 Å². The molecular formula is C59H114O5. The van der Waals surface area contributed by atoms with Crippen molar-refractivity contribution >= 4 is 11.9 Å². The van der Waals surface area contributed by atoms with Crippen LogP contribution in [0.15, 0.2) is 12.2 Å². The standard InChI is InChI=1S/C59H114O5/c1-4-7-10-13-16-19-22-25-27-29-31-33-36-39-42-45-48-51-54-62-55-57(64-59(61)53-50-47-44-41-38-34-24-21-18-15-12-9-6-3)56-63-58(60)52-49-46-43-40-37-35-32-30-28-26-23-20-17-14-11-8-5-2/h25,27,57H,4-24,26,28-56H2,1-3H3/b27-25-. The first-order chi connectivity index (χ1) is 31.6. The Labute approximate surface area is 401 Å². The molecule has 0 rings (SSSR count). The third-order valence-corrected chi connectivity index (χ3v) is 13.3. The molecule has 0 saturated carbocycles. The number of unbranched alkanes of at least 4 members (excludes halogenated alkanes) is 42. The van der Waals surface area contributed by atoms with E-state index in [1.807, 2.05) is 0 Å². The molecule has 5 heteroatoms. The zero-order valence-corrected chi connectivity index (χ0v) is 43.8. The summed E-state index contributed by atoms with van der Waals surface area (Å²) >= 11 is 0. The van der Waals surface area contributed by atoms with E-state index in [-0.39, 0.29) is 18.5 Å². The summed E-state index contributed by atoms with van der Waals surface area (Å²) in [6, 6.07) is 0. The summed E-state index contributed by atoms with van der Waals surface area (Å²) in [7, 11) is 0. The lowest BCUT2D eigenvalue weighted by Crippen LogP contribution is -2.30. The van der Waals surface area contributed by atoms with Gasteiger partial charge in [0.15, 0.2) is 6.10 Å². The normalized spacial score (nSPS) is 12.1. The fourth-order valence-corrected chi connectivity index (χ4v) is 8.92. The molecule has 0 aromatic carbocycles. The number of carbonyl (C=O) groups is 2. The first-order valence-electron chi connectivity index (χ1n) is 29.2. The minimum absolute atomic E-state index is 0.0943. The van der Waals surface area contributed by atoms with Crippen LogP contribution in [-0.4, -0.2) is 37.9 Å². The van der Waals surface area contributed by atoms with Crippen molar-refractivity contribution in [3.8, 4) is 0 Å². The van der Waals surface area contributed by atoms with Gasteiger partial charge in [0.1, 0.15) is 6.61 Å². The number of ether oxygens (including phenoxy) is 3. The summed E-state index contributed by atoms with van der Waals surface area (Å²) in [4.78, 5) is 25.5. The third-order valence-electron chi connectivity index (χ3n) is 13.3. The fraction of sp³-hybridized carbons (Fsp3) is 0.932. The summed E-state index contributed by atoms with van der Waals surface area (Å²) in [5, 5.41) is 0. The largest absolute Gasteiger partial charge is 0.462 e. The van der Waals surface area contributed by atoms with Crippen molar-refractivity contribution in [3.05, 3.63) is 12.2 Å². The number of allylic oxidation sites excluding steroid dienone is 2. The molecule has 0 aliphatic heterocycles. The number of hydrogen-bond acceptors (Lipinski definition) is 5. The topological polar surface area (TPSA) is 61.8 Å². The molecule has 0 amide bonds. The summed E-state index contributed by atoms with van der Waals surface area (Å²) in [5.41, 5.74) is 0. The van der Waals surface area contributed by atoms with E-state index in [1.54, 1.807) is 0 Å². The first kappa shape index (κ1) is 62.6. The molecule has 1 unspecified atom stereocenters. The fourth-order valence-electron chi connectivity index (χ4n) is 8.92. The van der Waals surface area contributed by atoms with Gasteiger partial charge in [-0.3, -0.25) is 9.59 Å². The lowest BCUT2D eigenvalue weighted by molar-refractivity contribution is -0.163. The molecule has 1 atom stereocenters. The lowest BCUT2D eigenvalue weighted by atomic mass is 10.0. The second-order valence-electron chi connectivity index (χ2n) is 19.9. The molecule has 0 saturated heterocycles. The van der Waals surface area contributed by atoms with E-state index >= 15 is 0 Å². The molecule has 0 heterocycles.